The normalized spacial score (nSPS) is 45.8. The molecule has 0 aromatic carbocycles. The maximum absolute atomic E-state index is 12.1. The summed E-state index contributed by atoms with van der Waals surface area (Å²) >= 11 is 0. The SMILES string of the molecule is CC(C)C1C2CC3(C)C(C=O)=CCC3C1C(=O)O2. The molecule has 1 saturated heterocycles. The van der Waals surface area contributed by atoms with Crippen molar-refractivity contribution in [1.29, 1.82) is 0 Å². The summed E-state index contributed by atoms with van der Waals surface area (Å²) in [5.74, 6) is 0.998. The summed E-state index contributed by atoms with van der Waals surface area (Å²) < 4.78 is 5.57. The first-order valence-electron chi connectivity index (χ1n) is 6.85. The molecule has 18 heavy (non-hydrogen) atoms. The minimum Gasteiger partial charge on any atom is -0.462 e. The summed E-state index contributed by atoms with van der Waals surface area (Å²) in [5.41, 5.74) is 0.734. The third kappa shape index (κ3) is 1.30. The summed E-state index contributed by atoms with van der Waals surface area (Å²) in [5, 5.41) is 0. The highest BCUT2D eigenvalue weighted by molar-refractivity contribution is 5.81. The largest absolute Gasteiger partial charge is 0.462 e. The minimum absolute atomic E-state index is 0.00481. The van der Waals surface area contributed by atoms with E-state index in [4.69, 9.17) is 4.74 Å². The molecule has 0 N–H and O–H groups in total. The van der Waals surface area contributed by atoms with Gasteiger partial charge in [-0.05, 0) is 30.3 Å². The van der Waals surface area contributed by atoms with E-state index in [9.17, 15) is 9.59 Å². The number of carbonyl (C=O) groups excluding carboxylic acids is 2. The van der Waals surface area contributed by atoms with Crippen LogP contribution in [0.2, 0.25) is 0 Å². The van der Waals surface area contributed by atoms with Crippen LogP contribution in [0.3, 0.4) is 0 Å². The zero-order valence-electron chi connectivity index (χ0n) is 11.2. The first-order valence-corrected chi connectivity index (χ1v) is 6.85. The van der Waals surface area contributed by atoms with Crippen molar-refractivity contribution < 1.29 is 14.3 Å². The van der Waals surface area contributed by atoms with Gasteiger partial charge in [-0.3, -0.25) is 9.59 Å². The number of carbonyl (C=O) groups is 2. The number of ether oxygens (including phenoxy) is 1. The first kappa shape index (κ1) is 11.9. The van der Waals surface area contributed by atoms with Gasteiger partial charge in [-0.25, -0.2) is 0 Å². The topological polar surface area (TPSA) is 43.4 Å². The molecule has 2 fully saturated rings. The number of rotatable bonds is 2. The highest BCUT2D eigenvalue weighted by Crippen LogP contribution is 2.60. The predicted molar refractivity (Wildman–Crippen MR) is 66.7 cm³/mol. The fourth-order valence-electron chi connectivity index (χ4n) is 4.52. The molecule has 0 aromatic rings. The zero-order valence-corrected chi connectivity index (χ0v) is 11.2. The number of esters is 1. The van der Waals surface area contributed by atoms with Gasteiger partial charge in [0.05, 0.1) is 5.92 Å². The van der Waals surface area contributed by atoms with Crippen LogP contribution in [0.4, 0.5) is 0 Å². The van der Waals surface area contributed by atoms with Crippen LogP contribution in [0, 0.1) is 29.1 Å². The Morgan fingerprint density at radius 3 is 2.83 bits per heavy atom. The van der Waals surface area contributed by atoms with E-state index < -0.39 is 0 Å². The number of allylic oxidation sites excluding steroid dienone is 2. The lowest BCUT2D eigenvalue weighted by molar-refractivity contribution is -0.144. The standard InChI is InChI=1S/C15H20O3/c1-8(2)12-11-6-15(3)9(7-16)4-5-10(15)13(12)14(17)18-11/h4,7-8,10-13H,5-6H2,1-3H3. The van der Waals surface area contributed by atoms with Crippen molar-refractivity contribution >= 4 is 12.3 Å². The van der Waals surface area contributed by atoms with Crippen molar-refractivity contribution in [2.75, 3.05) is 0 Å². The van der Waals surface area contributed by atoms with E-state index in [0.717, 1.165) is 24.7 Å². The molecule has 3 aliphatic rings. The van der Waals surface area contributed by atoms with Gasteiger partial charge in [-0.2, -0.15) is 0 Å². The van der Waals surface area contributed by atoms with Gasteiger partial charge in [0, 0.05) is 11.3 Å². The van der Waals surface area contributed by atoms with Gasteiger partial charge in [-0.1, -0.05) is 26.8 Å². The Labute approximate surface area is 108 Å². The fourth-order valence-corrected chi connectivity index (χ4v) is 4.52. The van der Waals surface area contributed by atoms with Crippen LogP contribution in [0.15, 0.2) is 11.6 Å². The Morgan fingerprint density at radius 2 is 2.22 bits per heavy atom. The third-order valence-corrected chi connectivity index (χ3v) is 5.41. The third-order valence-electron chi connectivity index (χ3n) is 5.41. The van der Waals surface area contributed by atoms with Gasteiger partial charge in [-0.15, -0.1) is 0 Å². The monoisotopic (exact) mass is 248 g/mol. The van der Waals surface area contributed by atoms with E-state index in [2.05, 4.69) is 20.8 Å². The van der Waals surface area contributed by atoms with Gasteiger partial charge in [0.2, 0.25) is 0 Å². The van der Waals surface area contributed by atoms with E-state index >= 15 is 0 Å². The Kier molecular flexibility index (Phi) is 2.45. The second-order valence-corrected chi connectivity index (χ2v) is 6.56. The van der Waals surface area contributed by atoms with Gasteiger partial charge >= 0.3 is 5.97 Å². The number of hydrogen-bond acceptors (Lipinski definition) is 3. The molecule has 1 aliphatic heterocycles. The van der Waals surface area contributed by atoms with Crippen molar-refractivity contribution in [3.63, 3.8) is 0 Å². The van der Waals surface area contributed by atoms with Gasteiger partial charge in [0.25, 0.3) is 0 Å². The second-order valence-electron chi connectivity index (χ2n) is 6.56. The number of hydrogen-bond donors (Lipinski definition) is 0. The molecule has 3 nitrogen and oxygen atoms in total. The average Bonchev–Trinajstić information content (AvgIpc) is 2.74. The quantitative estimate of drug-likeness (QED) is 0.556. The maximum atomic E-state index is 12.1. The predicted octanol–water partition coefficient (Wildman–Crippen LogP) is 2.36. The van der Waals surface area contributed by atoms with E-state index in [0.29, 0.717) is 11.8 Å². The molecule has 0 radical (unpaired) electrons. The molecule has 5 unspecified atom stereocenters. The summed E-state index contributed by atoms with van der Waals surface area (Å²) in [6, 6.07) is 0. The van der Waals surface area contributed by atoms with Crippen LogP contribution in [0.1, 0.15) is 33.6 Å². The highest BCUT2D eigenvalue weighted by Gasteiger charge is 2.62. The maximum Gasteiger partial charge on any atom is 0.309 e. The molecule has 0 spiro atoms. The molecule has 3 rings (SSSR count). The summed E-state index contributed by atoms with van der Waals surface area (Å²) in [4.78, 5) is 23.3. The Bertz CT molecular complexity index is 437. The van der Waals surface area contributed by atoms with Crippen molar-refractivity contribution in [2.24, 2.45) is 29.1 Å². The van der Waals surface area contributed by atoms with E-state index in [1.54, 1.807) is 0 Å². The summed E-state index contributed by atoms with van der Waals surface area (Å²) in [6.07, 6.45) is 4.67. The van der Waals surface area contributed by atoms with Crippen molar-refractivity contribution in [1.82, 2.24) is 0 Å². The highest BCUT2D eigenvalue weighted by atomic mass is 16.6. The van der Waals surface area contributed by atoms with Crippen molar-refractivity contribution in [2.45, 2.75) is 39.7 Å². The lowest BCUT2D eigenvalue weighted by Gasteiger charge is -2.44. The molecule has 3 heteroatoms. The van der Waals surface area contributed by atoms with Crippen molar-refractivity contribution in [3.05, 3.63) is 11.6 Å². The molecule has 0 aromatic heterocycles. The Balaban J connectivity index is 2.01. The van der Waals surface area contributed by atoms with Crippen LogP contribution < -0.4 is 0 Å². The molecule has 1 heterocycles. The minimum atomic E-state index is -0.144. The van der Waals surface area contributed by atoms with Crippen LogP contribution in [-0.4, -0.2) is 18.4 Å². The van der Waals surface area contributed by atoms with E-state index in [1.165, 1.54) is 0 Å². The zero-order chi connectivity index (χ0) is 13.1. The second kappa shape index (κ2) is 3.69. The van der Waals surface area contributed by atoms with Crippen LogP contribution in [-0.2, 0) is 14.3 Å². The molecular weight excluding hydrogens is 228 g/mol. The number of aldehydes is 1. The average molecular weight is 248 g/mol. The van der Waals surface area contributed by atoms with E-state index in [1.807, 2.05) is 6.08 Å². The van der Waals surface area contributed by atoms with Gasteiger partial charge in [0.1, 0.15) is 12.4 Å². The number of fused-ring (bicyclic) bond motifs is 4. The lowest BCUT2D eigenvalue weighted by atomic mass is 9.57. The molecule has 2 bridgehead atoms. The lowest BCUT2D eigenvalue weighted by Crippen LogP contribution is -2.45. The molecule has 5 atom stereocenters. The van der Waals surface area contributed by atoms with Crippen molar-refractivity contribution in [3.8, 4) is 0 Å². The molecule has 0 amide bonds. The Hall–Kier alpha value is -1.12. The molecule has 1 saturated carbocycles. The van der Waals surface area contributed by atoms with Crippen LogP contribution in [0.5, 0.6) is 0 Å². The smallest absolute Gasteiger partial charge is 0.309 e. The van der Waals surface area contributed by atoms with Gasteiger partial charge in [0.15, 0.2) is 0 Å². The summed E-state index contributed by atoms with van der Waals surface area (Å²) in [6.45, 7) is 6.46. The molecular formula is C15H20O3. The van der Waals surface area contributed by atoms with Crippen LogP contribution >= 0.6 is 0 Å². The fraction of sp³-hybridized carbons (Fsp3) is 0.733. The summed E-state index contributed by atoms with van der Waals surface area (Å²) in [7, 11) is 0. The van der Waals surface area contributed by atoms with E-state index in [-0.39, 0.29) is 29.3 Å². The van der Waals surface area contributed by atoms with Crippen LogP contribution in [0.25, 0.3) is 0 Å². The molecule has 2 aliphatic carbocycles. The first-order chi connectivity index (χ1) is 8.49. The molecule has 98 valence electrons. The Morgan fingerprint density at radius 1 is 1.50 bits per heavy atom. The van der Waals surface area contributed by atoms with Gasteiger partial charge < -0.3 is 4.74 Å².